The molecule has 0 unspecified atom stereocenters. The first-order valence-corrected chi connectivity index (χ1v) is 7.10. The molecule has 0 bridgehead atoms. The van der Waals surface area contributed by atoms with E-state index in [-0.39, 0.29) is 18.9 Å². The highest BCUT2D eigenvalue weighted by atomic mass is 16.5. The van der Waals surface area contributed by atoms with Crippen LogP contribution in [-0.4, -0.2) is 30.6 Å². The van der Waals surface area contributed by atoms with E-state index in [0.717, 1.165) is 17.5 Å². The summed E-state index contributed by atoms with van der Waals surface area (Å²) in [4.78, 5) is 23.3. The summed E-state index contributed by atoms with van der Waals surface area (Å²) in [7, 11) is 1.57. The predicted molar refractivity (Wildman–Crippen MR) is 78.4 cm³/mol. The number of aliphatic carboxylic acids is 1. The Labute approximate surface area is 124 Å². The lowest BCUT2D eigenvalue weighted by Gasteiger charge is -2.37. The number of carboxylic acid groups (broad SMARTS) is 1. The zero-order chi connectivity index (χ0) is 15.5. The first-order chi connectivity index (χ1) is 9.97. The molecule has 1 aromatic carbocycles. The van der Waals surface area contributed by atoms with Gasteiger partial charge in [0.25, 0.3) is 0 Å². The van der Waals surface area contributed by atoms with E-state index in [1.165, 1.54) is 0 Å². The van der Waals surface area contributed by atoms with Crippen LogP contribution in [0.4, 0.5) is 0 Å². The Hall–Kier alpha value is -2.04. The van der Waals surface area contributed by atoms with Crippen LogP contribution in [0.2, 0.25) is 0 Å². The summed E-state index contributed by atoms with van der Waals surface area (Å²) >= 11 is 0. The molecule has 2 N–H and O–H groups in total. The van der Waals surface area contributed by atoms with Gasteiger partial charge >= 0.3 is 5.97 Å². The average Bonchev–Trinajstić information content (AvgIpc) is 2.37. The number of hydrogen-bond acceptors (Lipinski definition) is 3. The van der Waals surface area contributed by atoms with Gasteiger partial charge in [-0.15, -0.1) is 0 Å². The largest absolute Gasteiger partial charge is 0.496 e. The number of nitrogens with one attached hydrogen (secondary N) is 1. The Morgan fingerprint density at radius 3 is 2.62 bits per heavy atom. The lowest BCUT2D eigenvalue weighted by atomic mass is 9.69. The molecule has 5 nitrogen and oxygen atoms in total. The number of carbonyl (C=O) groups excluding carboxylic acids is 1. The van der Waals surface area contributed by atoms with Gasteiger partial charge in [-0.05, 0) is 25.8 Å². The average molecular weight is 291 g/mol. The summed E-state index contributed by atoms with van der Waals surface area (Å²) in [5.74, 6) is -0.319. The molecule has 0 spiro atoms. The molecule has 1 amide bonds. The Kier molecular flexibility index (Phi) is 4.50. The fraction of sp³-hybridized carbons (Fsp3) is 0.500. The normalized spacial score (nSPS) is 15.9. The maximum absolute atomic E-state index is 12.0. The van der Waals surface area contributed by atoms with Gasteiger partial charge in [-0.25, -0.2) is 0 Å². The number of ether oxygens (including phenoxy) is 1. The van der Waals surface area contributed by atoms with Crippen LogP contribution in [0.3, 0.4) is 0 Å². The van der Waals surface area contributed by atoms with Gasteiger partial charge in [0, 0.05) is 12.1 Å². The molecule has 114 valence electrons. The van der Waals surface area contributed by atoms with E-state index < -0.39 is 11.4 Å². The Balaban J connectivity index is 1.96. The minimum atomic E-state index is -0.817. The Morgan fingerprint density at radius 2 is 2.10 bits per heavy atom. The summed E-state index contributed by atoms with van der Waals surface area (Å²) in [6.07, 6.45) is 2.38. The van der Waals surface area contributed by atoms with Crippen LogP contribution in [0.1, 0.15) is 30.4 Å². The summed E-state index contributed by atoms with van der Waals surface area (Å²) in [5.41, 5.74) is 1.11. The lowest BCUT2D eigenvalue weighted by Crippen LogP contribution is -2.47. The van der Waals surface area contributed by atoms with Crippen LogP contribution in [0.5, 0.6) is 5.75 Å². The maximum Gasteiger partial charge on any atom is 0.311 e. The summed E-state index contributed by atoms with van der Waals surface area (Å²) in [6, 6.07) is 5.67. The fourth-order valence-electron chi connectivity index (χ4n) is 2.62. The highest BCUT2D eigenvalue weighted by Gasteiger charge is 2.44. The highest BCUT2D eigenvalue weighted by Crippen LogP contribution is 2.40. The zero-order valence-corrected chi connectivity index (χ0v) is 12.4. The van der Waals surface area contributed by atoms with Crippen LogP contribution in [0, 0.1) is 12.3 Å². The van der Waals surface area contributed by atoms with Crippen molar-refractivity contribution >= 4 is 11.9 Å². The van der Waals surface area contributed by atoms with Crippen molar-refractivity contribution in [3.8, 4) is 5.75 Å². The van der Waals surface area contributed by atoms with E-state index in [0.29, 0.717) is 18.6 Å². The first kappa shape index (κ1) is 15.4. The van der Waals surface area contributed by atoms with E-state index in [2.05, 4.69) is 5.32 Å². The molecule has 0 radical (unpaired) electrons. The molecule has 2 rings (SSSR count). The van der Waals surface area contributed by atoms with Gasteiger partial charge in [0.2, 0.25) is 5.91 Å². The molecule has 5 heteroatoms. The monoisotopic (exact) mass is 291 g/mol. The lowest BCUT2D eigenvalue weighted by molar-refractivity contribution is -0.154. The quantitative estimate of drug-likeness (QED) is 0.839. The third kappa shape index (κ3) is 3.35. The van der Waals surface area contributed by atoms with Gasteiger partial charge in [0.15, 0.2) is 0 Å². The molecule has 0 saturated heterocycles. The number of amides is 1. The molecular formula is C16H21NO4. The number of benzene rings is 1. The predicted octanol–water partition coefficient (Wildman–Crippen LogP) is 1.92. The van der Waals surface area contributed by atoms with Crippen LogP contribution >= 0.6 is 0 Å². The van der Waals surface area contributed by atoms with Crippen LogP contribution in [0.25, 0.3) is 0 Å². The maximum atomic E-state index is 12.0. The number of carbonyl (C=O) groups is 2. The molecule has 1 aliphatic carbocycles. The Bertz CT molecular complexity index is 549. The highest BCUT2D eigenvalue weighted by molar-refractivity contribution is 5.81. The van der Waals surface area contributed by atoms with Gasteiger partial charge in [0.05, 0.1) is 18.9 Å². The standard InChI is InChI=1S/C16H21NO4/c1-11-4-5-13(21-2)12(8-11)9-14(18)17-10-16(15(19)20)6-3-7-16/h4-5,8H,3,6-7,9-10H2,1-2H3,(H,17,18)(H,19,20). The van der Waals surface area contributed by atoms with Crippen molar-refractivity contribution in [2.75, 3.05) is 13.7 Å². The van der Waals surface area contributed by atoms with Gasteiger partial charge in [-0.3, -0.25) is 9.59 Å². The van der Waals surface area contributed by atoms with E-state index in [4.69, 9.17) is 4.74 Å². The number of aryl methyl sites for hydroxylation is 1. The van der Waals surface area contributed by atoms with Gasteiger partial charge in [0.1, 0.15) is 5.75 Å². The molecule has 0 aliphatic heterocycles. The van der Waals surface area contributed by atoms with Crippen molar-refractivity contribution in [1.82, 2.24) is 5.32 Å². The van der Waals surface area contributed by atoms with Crippen molar-refractivity contribution in [3.63, 3.8) is 0 Å². The van der Waals surface area contributed by atoms with Crippen molar-refractivity contribution in [2.45, 2.75) is 32.6 Å². The number of carboxylic acids is 1. The first-order valence-electron chi connectivity index (χ1n) is 7.10. The van der Waals surface area contributed by atoms with Gasteiger partial charge < -0.3 is 15.2 Å². The molecule has 0 aromatic heterocycles. The fourth-order valence-corrected chi connectivity index (χ4v) is 2.62. The second kappa shape index (κ2) is 6.16. The van der Waals surface area contributed by atoms with Crippen molar-refractivity contribution in [2.24, 2.45) is 5.41 Å². The SMILES string of the molecule is COc1ccc(C)cc1CC(=O)NCC1(C(=O)O)CCC1. The van der Waals surface area contributed by atoms with Crippen molar-refractivity contribution in [3.05, 3.63) is 29.3 Å². The van der Waals surface area contributed by atoms with Crippen LogP contribution in [-0.2, 0) is 16.0 Å². The minimum absolute atomic E-state index is 0.175. The molecule has 1 aliphatic rings. The second-order valence-corrected chi connectivity index (χ2v) is 5.71. The third-order valence-electron chi connectivity index (χ3n) is 4.18. The minimum Gasteiger partial charge on any atom is -0.496 e. The molecule has 1 aromatic rings. The van der Waals surface area contributed by atoms with Crippen molar-refractivity contribution < 1.29 is 19.4 Å². The summed E-state index contributed by atoms with van der Waals surface area (Å²) in [6.45, 7) is 2.16. The molecule has 0 atom stereocenters. The molecule has 21 heavy (non-hydrogen) atoms. The molecule has 0 heterocycles. The second-order valence-electron chi connectivity index (χ2n) is 5.71. The molecule has 1 fully saturated rings. The Morgan fingerprint density at radius 1 is 1.38 bits per heavy atom. The van der Waals surface area contributed by atoms with E-state index >= 15 is 0 Å². The number of methoxy groups -OCH3 is 1. The van der Waals surface area contributed by atoms with Crippen LogP contribution in [0.15, 0.2) is 18.2 Å². The molecule has 1 saturated carbocycles. The summed E-state index contributed by atoms with van der Waals surface area (Å²) in [5, 5.41) is 12.0. The smallest absolute Gasteiger partial charge is 0.311 e. The van der Waals surface area contributed by atoms with E-state index in [1.807, 2.05) is 25.1 Å². The van der Waals surface area contributed by atoms with Crippen molar-refractivity contribution in [1.29, 1.82) is 0 Å². The summed E-state index contributed by atoms with van der Waals surface area (Å²) < 4.78 is 5.24. The number of rotatable bonds is 6. The van der Waals surface area contributed by atoms with Gasteiger partial charge in [-0.2, -0.15) is 0 Å². The van der Waals surface area contributed by atoms with Gasteiger partial charge in [-0.1, -0.05) is 24.1 Å². The topological polar surface area (TPSA) is 75.6 Å². The third-order valence-corrected chi connectivity index (χ3v) is 4.18. The van der Waals surface area contributed by atoms with Crippen LogP contribution < -0.4 is 10.1 Å². The molecular weight excluding hydrogens is 270 g/mol. The zero-order valence-electron chi connectivity index (χ0n) is 12.4. The van der Waals surface area contributed by atoms with E-state index in [1.54, 1.807) is 7.11 Å². The number of hydrogen-bond donors (Lipinski definition) is 2. The van der Waals surface area contributed by atoms with E-state index in [9.17, 15) is 14.7 Å².